The fraction of sp³-hybridized carbons (Fsp3) is 0.267. The first-order chi connectivity index (χ1) is 10.7. The van der Waals surface area contributed by atoms with Crippen molar-refractivity contribution in [2.45, 2.75) is 6.42 Å². The van der Waals surface area contributed by atoms with E-state index in [9.17, 15) is 4.79 Å². The summed E-state index contributed by atoms with van der Waals surface area (Å²) in [4.78, 5) is 12.1. The lowest BCUT2D eigenvalue weighted by molar-refractivity contribution is 0.102. The van der Waals surface area contributed by atoms with Crippen LogP contribution in [0.25, 0.3) is 0 Å². The van der Waals surface area contributed by atoms with E-state index in [0.717, 1.165) is 13.0 Å². The molecule has 22 heavy (non-hydrogen) atoms. The minimum atomic E-state index is -0.355. The van der Waals surface area contributed by atoms with Crippen LogP contribution >= 0.6 is 11.6 Å². The van der Waals surface area contributed by atoms with Gasteiger partial charge in [-0.05, 0) is 30.7 Å². The number of nitrogens with one attached hydrogen (secondary N) is 2. The monoisotopic (exact) mass is 320 g/mol. The van der Waals surface area contributed by atoms with Crippen molar-refractivity contribution >= 4 is 29.0 Å². The summed E-state index contributed by atoms with van der Waals surface area (Å²) < 4.78 is 4.96. The number of benzene rings is 1. The first-order valence-electron chi connectivity index (χ1n) is 6.83. The summed E-state index contributed by atoms with van der Waals surface area (Å²) in [6, 6.07) is 10.3. The molecule has 2 N–H and O–H groups in total. The van der Waals surface area contributed by atoms with Gasteiger partial charge in [-0.2, -0.15) is 0 Å². The zero-order valence-corrected chi connectivity index (χ0v) is 12.9. The van der Waals surface area contributed by atoms with Gasteiger partial charge in [0, 0.05) is 20.3 Å². The predicted molar refractivity (Wildman–Crippen MR) is 86.4 cm³/mol. The van der Waals surface area contributed by atoms with Gasteiger partial charge in [0.05, 0.1) is 10.7 Å². The lowest BCUT2D eigenvalue weighted by Crippen LogP contribution is -2.15. The highest BCUT2D eigenvalue weighted by molar-refractivity contribution is 6.33. The van der Waals surface area contributed by atoms with E-state index in [0.29, 0.717) is 23.1 Å². The zero-order valence-electron chi connectivity index (χ0n) is 12.2. The van der Waals surface area contributed by atoms with Crippen LogP contribution in [0.3, 0.4) is 0 Å². The van der Waals surface area contributed by atoms with Gasteiger partial charge in [-0.3, -0.25) is 4.79 Å². The van der Waals surface area contributed by atoms with E-state index >= 15 is 0 Å². The number of carbonyl (C=O) groups excluding carboxylic acids is 1. The highest BCUT2D eigenvalue weighted by Crippen LogP contribution is 2.20. The number of ether oxygens (including phenoxy) is 1. The van der Waals surface area contributed by atoms with E-state index in [1.165, 1.54) is 0 Å². The molecule has 0 unspecified atom stereocenters. The van der Waals surface area contributed by atoms with Crippen molar-refractivity contribution in [2.75, 3.05) is 30.9 Å². The Morgan fingerprint density at radius 2 is 2.05 bits per heavy atom. The Hall–Kier alpha value is -2.18. The molecule has 6 nitrogen and oxygen atoms in total. The standard InChI is InChI=1S/C15H17ClN4O2/c1-22-10-4-9-17-14-8-7-13(19-20-14)15(21)18-12-6-3-2-5-11(12)16/h2-3,5-8H,4,9-10H2,1H3,(H,17,20)(H,18,21). The molecule has 0 atom stereocenters. The maximum absolute atomic E-state index is 12.1. The zero-order chi connectivity index (χ0) is 15.8. The molecular formula is C15H17ClN4O2. The summed E-state index contributed by atoms with van der Waals surface area (Å²) in [5.41, 5.74) is 0.764. The Kier molecular flexibility index (Phi) is 6.12. The predicted octanol–water partition coefficient (Wildman–Crippen LogP) is 2.83. The smallest absolute Gasteiger partial charge is 0.276 e. The molecule has 116 valence electrons. The van der Waals surface area contributed by atoms with E-state index in [1.807, 2.05) is 0 Å². The summed E-state index contributed by atoms with van der Waals surface area (Å²) in [6.07, 6.45) is 0.868. The minimum absolute atomic E-state index is 0.224. The van der Waals surface area contributed by atoms with Crippen molar-refractivity contribution in [3.8, 4) is 0 Å². The van der Waals surface area contributed by atoms with Gasteiger partial charge in [-0.15, -0.1) is 10.2 Å². The number of anilines is 2. The van der Waals surface area contributed by atoms with Crippen molar-refractivity contribution in [1.29, 1.82) is 0 Å². The molecule has 0 fully saturated rings. The topological polar surface area (TPSA) is 76.1 Å². The second kappa shape index (κ2) is 8.31. The lowest BCUT2D eigenvalue weighted by Gasteiger charge is -2.07. The van der Waals surface area contributed by atoms with Crippen molar-refractivity contribution in [2.24, 2.45) is 0 Å². The maximum Gasteiger partial charge on any atom is 0.276 e. The summed E-state index contributed by atoms with van der Waals surface area (Å²) in [6.45, 7) is 1.41. The van der Waals surface area contributed by atoms with Gasteiger partial charge in [0.25, 0.3) is 5.91 Å². The molecule has 2 rings (SSSR count). The second-order valence-electron chi connectivity index (χ2n) is 4.51. The van der Waals surface area contributed by atoms with Crippen molar-refractivity contribution in [3.05, 3.63) is 47.1 Å². The van der Waals surface area contributed by atoms with Crippen LogP contribution in [-0.4, -0.2) is 36.4 Å². The van der Waals surface area contributed by atoms with Gasteiger partial charge in [0.15, 0.2) is 5.69 Å². The molecule has 0 aliphatic carbocycles. The summed E-state index contributed by atoms with van der Waals surface area (Å²) in [7, 11) is 1.66. The number of para-hydroxylation sites is 1. The molecule has 7 heteroatoms. The first kappa shape index (κ1) is 16.2. The van der Waals surface area contributed by atoms with E-state index in [4.69, 9.17) is 16.3 Å². The molecule has 0 aliphatic heterocycles. The van der Waals surface area contributed by atoms with Gasteiger partial charge in [-0.1, -0.05) is 23.7 Å². The van der Waals surface area contributed by atoms with Gasteiger partial charge < -0.3 is 15.4 Å². The molecule has 1 amide bonds. The molecule has 1 heterocycles. The molecule has 1 aromatic carbocycles. The summed E-state index contributed by atoms with van der Waals surface area (Å²) >= 11 is 5.99. The molecule has 0 radical (unpaired) electrons. The fourth-order valence-electron chi connectivity index (χ4n) is 1.73. The maximum atomic E-state index is 12.1. The number of hydrogen-bond acceptors (Lipinski definition) is 5. The third-order valence-corrected chi connectivity index (χ3v) is 3.18. The van der Waals surface area contributed by atoms with Gasteiger partial charge in [-0.25, -0.2) is 0 Å². The van der Waals surface area contributed by atoms with Gasteiger partial charge >= 0.3 is 0 Å². The highest BCUT2D eigenvalue weighted by atomic mass is 35.5. The lowest BCUT2D eigenvalue weighted by atomic mass is 10.3. The molecule has 0 spiro atoms. The van der Waals surface area contributed by atoms with Crippen LogP contribution in [0.4, 0.5) is 11.5 Å². The largest absolute Gasteiger partial charge is 0.385 e. The van der Waals surface area contributed by atoms with Crippen LogP contribution in [0.5, 0.6) is 0 Å². The number of rotatable bonds is 7. The van der Waals surface area contributed by atoms with E-state index in [2.05, 4.69) is 20.8 Å². The molecule has 0 saturated heterocycles. The SMILES string of the molecule is COCCCNc1ccc(C(=O)Nc2ccccc2Cl)nn1. The number of hydrogen-bond donors (Lipinski definition) is 2. The quantitative estimate of drug-likeness (QED) is 0.767. The number of carbonyl (C=O) groups is 1. The third kappa shape index (κ3) is 4.68. The molecule has 2 aromatic rings. The van der Waals surface area contributed by atoms with Crippen LogP contribution in [0, 0.1) is 0 Å². The van der Waals surface area contributed by atoms with E-state index < -0.39 is 0 Å². The second-order valence-corrected chi connectivity index (χ2v) is 4.92. The van der Waals surface area contributed by atoms with Crippen LogP contribution in [0.15, 0.2) is 36.4 Å². The molecular weight excluding hydrogens is 304 g/mol. The average molecular weight is 321 g/mol. The number of methoxy groups -OCH3 is 1. The molecule has 0 saturated carbocycles. The summed E-state index contributed by atoms with van der Waals surface area (Å²) in [5.74, 6) is 0.261. The average Bonchev–Trinajstić information content (AvgIpc) is 2.54. The Bertz CT molecular complexity index is 619. The number of amides is 1. The summed E-state index contributed by atoms with van der Waals surface area (Å²) in [5, 5.41) is 14.1. The van der Waals surface area contributed by atoms with Gasteiger partial charge in [0.2, 0.25) is 0 Å². The Morgan fingerprint density at radius 3 is 2.73 bits per heavy atom. The van der Waals surface area contributed by atoms with E-state index in [1.54, 1.807) is 43.5 Å². The van der Waals surface area contributed by atoms with Crippen LogP contribution in [0.2, 0.25) is 5.02 Å². The van der Waals surface area contributed by atoms with Crippen LogP contribution in [0.1, 0.15) is 16.9 Å². The van der Waals surface area contributed by atoms with Crippen molar-refractivity contribution in [3.63, 3.8) is 0 Å². The molecule has 1 aromatic heterocycles. The van der Waals surface area contributed by atoms with Crippen molar-refractivity contribution < 1.29 is 9.53 Å². The van der Waals surface area contributed by atoms with Crippen molar-refractivity contribution in [1.82, 2.24) is 10.2 Å². The van der Waals surface area contributed by atoms with E-state index in [-0.39, 0.29) is 11.6 Å². The first-order valence-corrected chi connectivity index (χ1v) is 7.21. The Morgan fingerprint density at radius 1 is 1.23 bits per heavy atom. The third-order valence-electron chi connectivity index (χ3n) is 2.85. The Balaban J connectivity index is 1.92. The minimum Gasteiger partial charge on any atom is -0.385 e. The number of halogens is 1. The fourth-order valence-corrected chi connectivity index (χ4v) is 1.91. The van der Waals surface area contributed by atoms with Gasteiger partial charge in [0.1, 0.15) is 5.82 Å². The normalized spacial score (nSPS) is 10.3. The van der Waals surface area contributed by atoms with Crippen LogP contribution < -0.4 is 10.6 Å². The highest BCUT2D eigenvalue weighted by Gasteiger charge is 2.10. The molecule has 0 aliphatic rings. The molecule has 0 bridgehead atoms. The number of nitrogens with zero attached hydrogens (tertiary/aromatic N) is 2. The van der Waals surface area contributed by atoms with Crippen LogP contribution in [-0.2, 0) is 4.74 Å². The Labute approximate surface area is 133 Å². The number of aromatic nitrogens is 2.